The molecule has 2 N–H and O–H groups in total. The van der Waals surface area contributed by atoms with Crippen molar-refractivity contribution < 1.29 is 23.8 Å². The van der Waals surface area contributed by atoms with E-state index in [0.717, 1.165) is 5.56 Å². The highest BCUT2D eigenvalue weighted by Crippen LogP contribution is 2.25. The third kappa shape index (κ3) is 4.62. The van der Waals surface area contributed by atoms with E-state index in [0.29, 0.717) is 42.7 Å². The second kappa shape index (κ2) is 7.88. The highest BCUT2D eigenvalue weighted by atomic mass is 35.5. The van der Waals surface area contributed by atoms with Crippen molar-refractivity contribution >= 4 is 23.5 Å². The average Bonchev–Trinajstić information content (AvgIpc) is 3.03. The molecule has 1 fully saturated rings. The van der Waals surface area contributed by atoms with E-state index in [4.69, 9.17) is 25.9 Å². The van der Waals surface area contributed by atoms with Crippen molar-refractivity contribution in [3.63, 3.8) is 0 Å². The fraction of sp³-hybridized carbons (Fsp3) is 0.389. The lowest BCUT2D eigenvalue weighted by molar-refractivity contribution is -0.140. The van der Waals surface area contributed by atoms with Gasteiger partial charge in [-0.2, -0.15) is 0 Å². The first-order valence-electron chi connectivity index (χ1n) is 8.27. The number of carboxylic acid groups (broad SMARTS) is 1. The first kappa shape index (κ1) is 18.4. The quantitative estimate of drug-likeness (QED) is 0.801. The molecule has 0 aliphatic carbocycles. The standard InChI is InChI=1S/C18H19ClN2O5/c19-13-3-1-12(2-4-13)17-20-14(11-26-17)9-15(22)21-18(10-16(23)24)5-7-25-8-6-18/h1-4,11H,5-10H2,(H,21,22)(H,23,24). The normalized spacial score (nSPS) is 16.2. The molecule has 0 saturated carbocycles. The number of amides is 1. The predicted molar refractivity (Wildman–Crippen MR) is 93.8 cm³/mol. The maximum absolute atomic E-state index is 12.4. The molecule has 1 saturated heterocycles. The van der Waals surface area contributed by atoms with Crippen LogP contribution in [0.1, 0.15) is 25.0 Å². The van der Waals surface area contributed by atoms with Crippen molar-refractivity contribution in [1.29, 1.82) is 0 Å². The van der Waals surface area contributed by atoms with Crippen LogP contribution in [0.5, 0.6) is 0 Å². The lowest BCUT2D eigenvalue weighted by atomic mass is 9.86. The maximum Gasteiger partial charge on any atom is 0.305 e. The number of carbonyl (C=O) groups excluding carboxylic acids is 1. The minimum absolute atomic E-state index is 0.0132. The molecule has 0 atom stereocenters. The second-order valence-electron chi connectivity index (χ2n) is 6.34. The SMILES string of the molecule is O=C(O)CC1(NC(=O)Cc2coc(-c3ccc(Cl)cc3)n2)CCOCC1. The Balaban J connectivity index is 1.65. The molecule has 2 aromatic rings. The fourth-order valence-corrected chi connectivity index (χ4v) is 3.14. The van der Waals surface area contributed by atoms with Crippen LogP contribution in [-0.2, 0) is 20.7 Å². The van der Waals surface area contributed by atoms with Gasteiger partial charge in [0.25, 0.3) is 0 Å². The van der Waals surface area contributed by atoms with Gasteiger partial charge in [0.1, 0.15) is 6.26 Å². The number of carboxylic acids is 1. The Labute approximate surface area is 155 Å². The van der Waals surface area contributed by atoms with Crippen LogP contribution in [0.2, 0.25) is 5.02 Å². The van der Waals surface area contributed by atoms with Gasteiger partial charge in [0.05, 0.1) is 24.1 Å². The van der Waals surface area contributed by atoms with Crippen LogP contribution in [-0.4, -0.2) is 40.7 Å². The summed E-state index contributed by atoms with van der Waals surface area (Å²) in [5, 5.41) is 12.6. The molecule has 2 heterocycles. The van der Waals surface area contributed by atoms with E-state index >= 15 is 0 Å². The van der Waals surface area contributed by atoms with Crippen LogP contribution in [0, 0.1) is 0 Å². The van der Waals surface area contributed by atoms with Gasteiger partial charge in [0.15, 0.2) is 0 Å². The van der Waals surface area contributed by atoms with E-state index in [1.165, 1.54) is 6.26 Å². The number of benzene rings is 1. The van der Waals surface area contributed by atoms with Crippen molar-refractivity contribution in [2.24, 2.45) is 0 Å². The molecule has 0 spiro atoms. The van der Waals surface area contributed by atoms with Crippen LogP contribution in [0.4, 0.5) is 0 Å². The zero-order valence-corrected chi connectivity index (χ0v) is 14.8. The number of carbonyl (C=O) groups is 2. The summed E-state index contributed by atoms with van der Waals surface area (Å²) < 4.78 is 10.7. The number of hydrogen-bond donors (Lipinski definition) is 2. The number of oxazole rings is 1. The number of hydrogen-bond acceptors (Lipinski definition) is 5. The van der Waals surface area contributed by atoms with Gasteiger partial charge < -0.3 is 19.6 Å². The molecule has 0 unspecified atom stereocenters. The molecule has 1 aliphatic heterocycles. The highest BCUT2D eigenvalue weighted by molar-refractivity contribution is 6.30. The van der Waals surface area contributed by atoms with Crippen LogP contribution in [0.3, 0.4) is 0 Å². The molecular weight excluding hydrogens is 360 g/mol. The molecule has 1 amide bonds. The van der Waals surface area contributed by atoms with Gasteiger partial charge in [0.2, 0.25) is 11.8 Å². The Morgan fingerprint density at radius 1 is 1.23 bits per heavy atom. The molecule has 26 heavy (non-hydrogen) atoms. The summed E-state index contributed by atoms with van der Waals surface area (Å²) in [4.78, 5) is 27.9. The number of ether oxygens (including phenoxy) is 1. The molecule has 0 radical (unpaired) electrons. The minimum atomic E-state index is -0.946. The van der Waals surface area contributed by atoms with Gasteiger partial charge in [-0.15, -0.1) is 0 Å². The summed E-state index contributed by atoms with van der Waals surface area (Å²) in [5.41, 5.74) is 0.460. The van der Waals surface area contributed by atoms with Crippen LogP contribution in [0.25, 0.3) is 11.5 Å². The Kier molecular flexibility index (Phi) is 5.58. The summed E-state index contributed by atoms with van der Waals surface area (Å²) in [7, 11) is 0. The summed E-state index contributed by atoms with van der Waals surface area (Å²) in [6, 6.07) is 7.02. The molecule has 138 valence electrons. The van der Waals surface area contributed by atoms with Crippen LogP contribution >= 0.6 is 11.6 Å². The Morgan fingerprint density at radius 3 is 2.58 bits per heavy atom. The van der Waals surface area contributed by atoms with Gasteiger partial charge in [-0.3, -0.25) is 9.59 Å². The zero-order valence-electron chi connectivity index (χ0n) is 14.0. The number of aliphatic carboxylic acids is 1. The third-order valence-electron chi connectivity index (χ3n) is 4.33. The molecular formula is C18H19ClN2O5. The van der Waals surface area contributed by atoms with Crippen molar-refractivity contribution in [3.05, 3.63) is 41.2 Å². The van der Waals surface area contributed by atoms with E-state index in [-0.39, 0.29) is 18.7 Å². The fourth-order valence-electron chi connectivity index (χ4n) is 3.02. The average molecular weight is 379 g/mol. The number of nitrogens with zero attached hydrogens (tertiary/aromatic N) is 1. The Bertz CT molecular complexity index is 781. The van der Waals surface area contributed by atoms with Gasteiger partial charge in [0, 0.05) is 23.8 Å². The molecule has 3 rings (SSSR count). The monoisotopic (exact) mass is 378 g/mol. The number of rotatable bonds is 6. The van der Waals surface area contributed by atoms with Crippen molar-refractivity contribution in [2.75, 3.05) is 13.2 Å². The molecule has 1 aromatic heterocycles. The first-order valence-corrected chi connectivity index (χ1v) is 8.64. The number of halogens is 1. The molecule has 1 aromatic carbocycles. The smallest absolute Gasteiger partial charge is 0.305 e. The zero-order chi connectivity index (χ0) is 18.6. The van der Waals surface area contributed by atoms with Gasteiger partial charge in [-0.1, -0.05) is 11.6 Å². The summed E-state index contributed by atoms with van der Waals surface area (Å²) in [5.74, 6) is -0.835. The van der Waals surface area contributed by atoms with E-state index in [1.54, 1.807) is 24.3 Å². The van der Waals surface area contributed by atoms with Crippen molar-refractivity contribution in [2.45, 2.75) is 31.2 Å². The molecule has 7 nitrogen and oxygen atoms in total. The largest absolute Gasteiger partial charge is 0.481 e. The van der Waals surface area contributed by atoms with E-state index in [9.17, 15) is 9.59 Å². The Hall–Kier alpha value is -2.38. The van der Waals surface area contributed by atoms with Crippen LogP contribution < -0.4 is 5.32 Å². The summed E-state index contributed by atoms with van der Waals surface area (Å²) in [6.45, 7) is 0.858. The minimum Gasteiger partial charge on any atom is -0.481 e. The summed E-state index contributed by atoms with van der Waals surface area (Å²) in [6.07, 6.45) is 2.26. The van der Waals surface area contributed by atoms with Gasteiger partial charge >= 0.3 is 5.97 Å². The van der Waals surface area contributed by atoms with E-state index < -0.39 is 11.5 Å². The number of aromatic nitrogens is 1. The molecule has 0 bridgehead atoms. The topological polar surface area (TPSA) is 102 Å². The predicted octanol–water partition coefficient (Wildman–Crippen LogP) is 2.68. The van der Waals surface area contributed by atoms with E-state index in [2.05, 4.69) is 10.3 Å². The second-order valence-corrected chi connectivity index (χ2v) is 6.78. The maximum atomic E-state index is 12.4. The summed E-state index contributed by atoms with van der Waals surface area (Å²) >= 11 is 5.86. The Morgan fingerprint density at radius 2 is 1.92 bits per heavy atom. The van der Waals surface area contributed by atoms with E-state index in [1.807, 2.05) is 0 Å². The first-order chi connectivity index (χ1) is 12.5. The van der Waals surface area contributed by atoms with Crippen LogP contribution in [0.15, 0.2) is 34.9 Å². The van der Waals surface area contributed by atoms with Gasteiger partial charge in [-0.25, -0.2) is 4.98 Å². The third-order valence-corrected chi connectivity index (χ3v) is 4.58. The van der Waals surface area contributed by atoms with Gasteiger partial charge in [-0.05, 0) is 37.1 Å². The van der Waals surface area contributed by atoms with Crippen molar-refractivity contribution in [3.8, 4) is 11.5 Å². The van der Waals surface area contributed by atoms with Crippen molar-refractivity contribution in [1.82, 2.24) is 10.3 Å². The molecule has 1 aliphatic rings. The molecule has 8 heteroatoms. The number of nitrogens with one attached hydrogen (secondary N) is 1. The lowest BCUT2D eigenvalue weighted by Crippen LogP contribution is -2.53. The lowest BCUT2D eigenvalue weighted by Gasteiger charge is -2.36. The highest BCUT2D eigenvalue weighted by Gasteiger charge is 2.36.